The van der Waals surface area contributed by atoms with Gasteiger partial charge >= 0.3 is 0 Å². The van der Waals surface area contributed by atoms with Gasteiger partial charge in [0, 0.05) is 18.7 Å². The van der Waals surface area contributed by atoms with Crippen LogP contribution in [-0.2, 0) is 6.42 Å². The van der Waals surface area contributed by atoms with Gasteiger partial charge in [0.15, 0.2) is 0 Å². The first-order valence-electron chi connectivity index (χ1n) is 5.13. The monoisotopic (exact) mass is 252 g/mol. The molecule has 1 unspecified atom stereocenters. The second-order valence-electron chi connectivity index (χ2n) is 3.63. The van der Waals surface area contributed by atoms with E-state index in [2.05, 4.69) is 26.5 Å². The van der Waals surface area contributed by atoms with Crippen molar-refractivity contribution in [2.75, 3.05) is 12.8 Å². The third-order valence-electron chi connectivity index (χ3n) is 2.70. The molecule has 2 aromatic heterocycles. The van der Waals surface area contributed by atoms with Crippen molar-refractivity contribution in [3.63, 3.8) is 0 Å². The van der Waals surface area contributed by atoms with Gasteiger partial charge in [0.05, 0.1) is 22.4 Å². The van der Waals surface area contributed by atoms with Crippen molar-refractivity contribution < 1.29 is 0 Å². The Hall–Kier alpha value is -0.850. The van der Waals surface area contributed by atoms with Crippen molar-refractivity contribution >= 4 is 23.1 Å². The third-order valence-corrected chi connectivity index (χ3v) is 4.81. The molecule has 0 bridgehead atoms. The Balaban J connectivity index is 1.97. The van der Waals surface area contributed by atoms with E-state index in [1.54, 1.807) is 29.4 Å². The highest BCUT2D eigenvalue weighted by molar-refractivity contribution is 8.00. The lowest BCUT2D eigenvalue weighted by Crippen LogP contribution is -2.30. The van der Waals surface area contributed by atoms with E-state index in [1.807, 2.05) is 6.20 Å². The molecule has 84 valence electrons. The zero-order chi connectivity index (χ0) is 11.0. The van der Waals surface area contributed by atoms with Crippen LogP contribution in [0.15, 0.2) is 16.7 Å². The molecule has 3 rings (SSSR count). The summed E-state index contributed by atoms with van der Waals surface area (Å²) in [4.78, 5) is 12.1. The Morgan fingerprint density at radius 3 is 3.25 bits per heavy atom. The SMILES string of the molecule is CSc1cnc(C2NCCc3[nH]cnc32)s1. The summed E-state index contributed by atoms with van der Waals surface area (Å²) in [6.07, 6.45) is 6.80. The highest BCUT2D eigenvalue weighted by Gasteiger charge is 2.25. The molecule has 0 aromatic carbocycles. The first-order chi connectivity index (χ1) is 7.88. The molecule has 16 heavy (non-hydrogen) atoms. The number of hydrogen-bond donors (Lipinski definition) is 2. The summed E-state index contributed by atoms with van der Waals surface area (Å²) in [6, 6.07) is 0.167. The average Bonchev–Trinajstić information content (AvgIpc) is 2.97. The summed E-state index contributed by atoms with van der Waals surface area (Å²) in [6.45, 7) is 0.980. The standard InChI is InChI=1S/C10H12N4S2/c1-15-7-4-12-10(16-7)9-8-6(2-3-11-9)13-5-14-8/h4-5,9,11H,2-3H2,1H3,(H,13,14). The largest absolute Gasteiger partial charge is 0.348 e. The lowest BCUT2D eigenvalue weighted by atomic mass is 10.1. The molecule has 1 atom stereocenters. The first kappa shape index (κ1) is 10.3. The van der Waals surface area contributed by atoms with Crippen molar-refractivity contribution in [3.05, 3.63) is 28.9 Å². The van der Waals surface area contributed by atoms with Crippen molar-refractivity contribution in [2.45, 2.75) is 16.7 Å². The molecule has 1 aliphatic heterocycles. The van der Waals surface area contributed by atoms with Gasteiger partial charge in [0.25, 0.3) is 0 Å². The summed E-state index contributed by atoms with van der Waals surface area (Å²) in [5, 5.41) is 4.58. The van der Waals surface area contributed by atoms with E-state index in [1.165, 1.54) is 9.90 Å². The van der Waals surface area contributed by atoms with Crippen LogP contribution in [0.25, 0.3) is 0 Å². The summed E-state index contributed by atoms with van der Waals surface area (Å²) in [5.74, 6) is 0. The molecule has 6 heteroatoms. The summed E-state index contributed by atoms with van der Waals surface area (Å²) in [7, 11) is 0. The van der Waals surface area contributed by atoms with Crippen molar-refractivity contribution in [1.82, 2.24) is 20.3 Å². The predicted octanol–water partition coefficient (Wildman–Crippen LogP) is 1.82. The fourth-order valence-electron chi connectivity index (χ4n) is 1.92. The molecule has 0 amide bonds. The van der Waals surface area contributed by atoms with Crippen LogP contribution in [0.3, 0.4) is 0 Å². The Kier molecular flexibility index (Phi) is 2.70. The summed E-state index contributed by atoms with van der Waals surface area (Å²) >= 11 is 3.48. The van der Waals surface area contributed by atoms with E-state index in [0.717, 1.165) is 23.7 Å². The molecule has 1 aliphatic rings. The van der Waals surface area contributed by atoms with Gasteiger partial charge in [0.2, 0.25) is 0 Å². The predicted molar refractivity (Wildman–Crippen MR) is 66.0 cm³/mol. The molecular weight excluding hydrogens is 240 g/mol. The van der Waals surface area contributed by atoms with Gasteiger partial charge in [-0.3, -0.25) is 0 Å². The molecule has 0 spiro atoms. The molecule has 0 fully saturated rings. The lowest BCUT2D eigenvalue weighted by molar-refractivity contribution is 0.551. The van der Waals surface area contributed by atoms with Gasteiger partial charge in [0.1, 0.15) is 11.0 Å². The Labute approximate surface area is 102 Å². The van der Waals surface area contributed by atoms with Crippen LogP contribution in [0.2, 0.25) is 0 Å². The van der Waals surface area contributed by atoms with E-state index in [0.29, 0.717) is 0 Å². The molecular formula is C10H12N4S2. The van der Waals surface area contributed by atoms with Crippen molar-refractivity contribution in [2.24, 2.45) is 0 Å². The number of aromatic nitrogens is 3. The number of nitrogens with one attached hydrogen (secondary N) is 2. The second kappa shape index (κ2) is 4.20. The number of hydrogen-bond acceptors (Lipinski definition) is 5. The number of H-pyrrole nitrogens is 1. The maximum absolute atomic E-state index is 4.47. The normalized spacial score (nSPS) is 19.7. The third kappa shape index (κ3) is 1.66. The maximum Gasteiger partial charge on any atom is 0.117 e. The van der Waals surface area contributed by atoms with Gasteiger partial charge in [-0.25, -0.2) is 9.97 Å². The van der Waals surface area contributed by atoms with Crippen LogP contribution in [0.1, 0.15) is 22.4 Å². The number of aromatic amines is 1. The van der Waals surface area contributed by atoms with Gasteiger partial charge in [-0.05, 0) is 6.26 Å². The molecule has 0 saturated heterocycles. The smallest absolute Gasteiger partial charge is 0.117 e. The highest BCUT2D eigenvalue weighted by Crippen LogP contribution is 2.32. The van der Waals surface area contributed by atoms with Crippen LogP contribution in [0.4, 0.5) is 0 Å². The average molecular weight is 252 g/mol. The topological polar surface area (TPSA) is 53.6 Å². The van der Waals surface area contributed by atoms with E-state index in [9.17, 15) is 0 Å². The molecule has 2 aromatic rings. The van der Waals surface area contributed by atoms with E-state index < -0.39 is 0 Å². The number of nitrogens with zero attached hydrogens (tertiary/aromatic N) is 2. The quantitative estimate of drug-likeness (QED) is 0.801. The van der Waals surface area contributed by atoms with Crippen LogP contribution in [-0.4, -0.2) is 27.8 Å². The molecule has 4 nitrogen and oxygen atoms in total. The minimum atomic E-state index is 0.167. The van der Waals surface area contributed by atoms with E-state index in [4.69, 9.17) is 0 Å². The number of thioether (sulfide) groups is 1. The number of fused-ring (bicyclic) bond motifs is 1. The molecule has 0 aliphatic carbocycles. The van der Waals surface area contributed by atoms with Crippen molar-refractivity contribution in [3.8, 4) is 0 Å². The zero-order valence-electron chi connectivity index (χ0n) is 8.86. The van der Waals surface area contributed by atoms with Crippen molar-refractivity contribution in [1.29, 1.82) is 0 Å². The van der Waals surface area contributed by atoms with Crippen LogP contribution in [0, 0.1) is 0 Å². The van der Waals surface area contributed by atoms with E-state index in [-0.39, 0.29) is 6.04 Å². The summed E-state index contributed by atoms with van der Waals surface area (Å²) < 4.78 is 1.25. The molecule has 2 N–H and O–H groups in total. The fraction of sp³-hybridized carbons (Fsp3) is 0.400. The molecule has 0 radical (unpaired) electrons. The molecule has 0 saturated carbocycles. The summed E-state index contributed by atoms with van der Waals surface area (Å²) in [5.41, 5.74) is 2.35. The Bertz CT molecular complexity index is 490. The van der Waals surface area contributed by atoms with Crippen LogP contribution in [0.5, 0.6) is 0 Å². The zero-order valence-corrected chi connectivity index (χ0v) is 10.5. The lowest BCUT2D eigenvalue weighted by Gasteiger charge is -2.20. The minimum Gasteiger partial charge on any atom is -0.348 e. The van der Waals surface area contributed by atoms with E-state index >= 15 is 0 Å². The number of imidazole rings is 1. The Morgan fingerprint density at radius 2 is 2.44 bits per heavy atom. The van der Waals surface area contributed by atoms with Gasteiger partial charge in [-0.2, -0.15) is 0 Å². The molecule has 3 heterocycles. The maximum atomic E-state index is 4.47. The van der Waals surface area contributed by atoms with Crippen LogP contribution >= 0.6 is 23.1 Å². The number of rotatable bonds is 2. The minimum absolute atomic E-state index is 0.167. The number of thiazole rings is 1. The van der Waals surface area contributed by atoms with Gasteiger partial charge in [-0.15, -0.1) is 23.1 Å². The van der Waals surface area contributed by atoms with Gasteiger partial charge < -0.3 is 10.3 Å². The second-order valence-corrected chi connectivity index (χ2v) is 5.79. The highest BCUT2D eigenvalue weighted by atomic mass is 32.2. The first-order valence-corrected chi connectivity index (χ1v) is 7.18. The fourth-order valence-corrected chi connectivity index (χ4v) is 3.40. The Morgan fingerprint density at radius 1 is 1.50 bits per heavy atom. The van der Waals surface area contributed by atoms with Gasteiger partial charge in [-0.1, -0.05) is 0 Å². The van der Waals surface area contributed by atoms with Crippen LogP contribution < -0.4 is 5.32 Å².